The molecule has 0 fully saturated rings. The van der Waals surface area contributed by atoms with Crippen LogP contribution in [0, 0.1) is 6.92 Å². The Hall–Kier alpha value is -1.55. The largest absolute Gasteiger partial charge is 0.493 e. The first-order chi connectivity index (χ1) is 9.00. The third kappa shape index (κ3) is 4.91. The van der Waals surface area contributed by atoms with Crippen molar-refractivity contribution in [3.05, 3.63) is 29.8 Å². The van der Waals surface area contributed by atoms with Crippen molar-refractivity contribution in [2.45, 2.75) is 39.2 Å². The molecular formula is C15H23NO3. The Morgan fingerprint density at radius 1 is 1.42 bits per heavy atom. The highest BCUT2D eigenvalue weighted by atomic mass is 16.5. The van der Waals surface area contributed by atoms with E-state index in [2.05, 4.69) is 5.32 Å². The van der Waals surface area contributed by atoms with Crippen LogP contribution in [0.5, 0.6) is 5.75 Å². The second kappa shape index (κ2) is 7.14. The van der Waals surface area contributed by atoms with Gasteiger partial charge >= 0.3 is 0 Å². The molecular weight excluding hydrogens is 242 g/mol. The minimum atomic E-state index is -0.542. The quantitative estimate of drug-likeness (QED) is 0.793. The fourth-order valence-corrected chi connectivity index (χ4v) is 1.61. The molecule has 19 heavy (non-hydrogen) atoms. The number of hydrogen-bond donors (Lipinski definition) is 2. The minimum Gasteiger partial charge on any atom is -0.493 e. The molecule has 106 valence electrons. The van der Waals surface area contributed by atoms with Gasteiger partial charge < -0.3 is 15.2 Å². The first-order valence-electron chi connectivity index (χ1n) is 6.61. The highest BCUT2D eigenvalue weighted by Crippen LogP contribution is 2.16. The Balaban J connectivity index is 2.37. The van der Waals surface area contributed by atoms with Crippen LogP contribution in [0.2, 0.25) is 0 Å². The molecule has 4 heteroatoms. The molecule has 0 heterocycles. The van der Waals surface area contributed by atoms with Gasteiger partial charge in [-0.1, -0.05) is 25.1 Å². The highest BCUT2D eigenvalue weighted by molar-refractivity contribution is 5.76. The third-order valence-electron chi connectivity index (χ3n) is 3.25. The lowest BCUT2D eigenvalue weighted by Gasteiger charge is -2.27. The topological polar surface area (TPSA) is 58.6 Å². The maximum absolute atomic E-state index is 11.7. The molecule has 0 bridgehead atoms. The van der Waals surface area contributed by atoms with Gasteiger partial charge in [0, 0.05) is 0 Å². The summed E-state index contributed by atoms with van der Waals surface area (Å²) in [5.41, 5.74) is 0.511. The number of carbonyl (C=O) groups excluding carboxylic acids is 1. The van der Waals surface area contributed by atoms with Crippen molar-refractivity contribution < 1.29 is 14.6 Å². The van der Waals surface area contributed by atoms with E-state index >= 15 is 0 Å². The molecule has 0 saturated carbocycles. The lowest BCUT2D eigenvalue weighted by Crippen LogP contribution is -2.48. The van der Waals surface area contributed by atoms with E-state index in [0.717, 1.165) is 11.3 Å². The Labute approximate surface area is 114 Å². The summed E-state index contributed by atoms with van der Waals surface area (Å²) in [7, 11) is 0. The Morgan fingerprint density at radius 3 is 2.68 bits per heavy atom. The number of rotatable bonds is 7. The first kappa shape index (κ1) is 15.5. The SMILES string of the molecule is CCC(C)(CO)NC(=O)CCOc1ccccc1C. The van der Waals surface area contributed by atoms with Crippen molar-refractivity contribution >= 4 is 5.91 Å². The second-order valence-corrected chi connectivity index (χ2v) is 4.98. The average Bonchev–Trinajstić information content (AvgIpc) is 2.41. The number of para-hydroxylation sites is 1. The molecule has 1 atom stereocenters. The van der Waals surface area contributed by atoms with Crippen LogP contribution in [-0.2, 0) is 4.79 Å². The summed E-state index contributed by atoms with van der Waals surface area (Å²) in [6, 6.07) is 7.71. The molecule has 4 nitrogen and oxygen atoms in total. The molecule has 1 rings (SSSR count). The van der Waals surface area contributed by atoms with Gasteiger partial charge in [-0.15, -0.1) is 0 Å². The van der Waals surface area contributed by atoms with E-state index in [4.69, 9.17) is 4.74 Å². The van der Waals surface area contributed by atoms with Crippen LogP contribution < -0.4 is 10.1 Å². The predicted molar refractivity (Wildman–Crippen MR) is 75.2 cm³/mol. The standard InChI is InChI=1S/C15H23NO3/c1-4-15(3,11-17)16-14(18)9-10-19-13-8-6-5-7-12(13)2/h5-8,17H,4,9-11H2,1-3H3,(H,16,18). The van der Waals surface area contributed by atoms with Crippen LogP contribution in [0.4, 0.5) is 0 Å². The molecule has 0 aromatic heterocycles. The van der Waals surface area contributed by atoms with E-state index in [1.807, 2.05) is 45.0 Å². The summed E-state index contributed by atoms with van der Waals surface area (Å²) >= 11 is 0. The normalized spacial score (nSPS) is 13.7. The molecule has 0 aliphatic rings. The number of nitrogens with one attached hydrogen (secondary N) is 1. The van der Waals surface area contributed by atoms with Crippen molar-refractivity contribution in [3.63, 3.8) is 0 Å². The van der Waals surface area contributed by atoms with Gasteiger partial charge in [-0.2, -0.15) is 0 Å². The number of amides is 1. The van der Waals surface area contributed by atoms with Gasteiger partial charge in [-0.3, -0.25) is 4.79 Å². The minimum absolute atomic E-state index is 0.0616. The lowest BCUT2D eigenvalue weighted by molar-refractivity contribution is -0.123. The molecule has 1 aromatic carbocycles. The Kier molecular flexibility index (Phi) is 5.83. The van der Waals surface area contributed by atoms with Gasteiger partial charge in [0.1, 0.15) is 5.75 Å². The van der Waals surface area contributed by atoms with Crippen molar-refractivity contribution in [1.82, 2.24) is 5.32 Å². The number of aliphatic hydroxyl groups excluding tert-OH is 1. The third-order valence-corrected chi connectivity index (χ3v) is 3.25. The van der Waals surface area contributed by atoms with Gasteiger partial charge in [-0.05, 0) is 31.9 Å². The van der Waals surface area contributed by atoms with Gasteiger partial charge in [-0.25, -0.2) is 0 Å². The Morgan fingerprint density at radius 2 is 2.11 bits per heavy atom. The average molecular weight is 265 g/mol. The number of aryl methyl sites for hydroxylation is 1. The van der Waals surface area contributed by atoms with E-state index in [1.54, 1.807) is 0 Å². The zero-order valence-electron chi connectivity index (χ0n) is 11.9. The predicted octanol–water partition coefficient (Wildman–Crippen LogP) is 2.04. The lowest BCUT2D eigenvalue weighted by atomic mass is 10.0. The smallest absolute Gasteiger partial charge is 0.223 e. The number of hydrogen-bond acceptors (Lipinski definition) is 3. The van der Waals surface area contributed by atoms with Gasteiger partial charge in [0.2, 0.25) is 5.91 Å². The molecule has 0 aliphatic heterocycles. The molecule has 0 aliphatic carbocycles. The van der Waals surface area contributed by atoms with Crippen molar-refractivity contribution in [2.75, 3.05) is 13.2 Å². The fraction of sp³-hybridized carbons (Fsp3) is 0.533. The molecule has 0 spiro atoms. The van der Waals surface area contributed by atoms with E-state index < -0.39 is 5.54 Å². The monoisotopic (exact) mass is 265 g/mol. The number of ether oxygens (including phenoxy) is 1. The fourth-order valence-electron chi connectivity index (χ4n) is 1.61. The number of carbonyl (C=O) groups is 1. The van der Waals surface area contributed by atoms with E-state index in [9.17, 15) is 9.90 Å². The van der Waals surface area contributed by atoms with Crippen LogP contribution in [0.3, 0.4) is 0 Å². The van der Waals surface area contributed by atoms with Crippen LogP contribution in [0.25, 0.3) is 0 Å². The van der Waals surface area contributed by atoms with Crippen LogP contribution >= 0.6 is 0 Å². The zero-order chi connectivity index (χ0) is 14.3. The first-order valence-corrected chi connectivity index (χ1v) is 6.61. The summed E-state index contributed by atoms with van der Waals surface area (Å²) in [6.07, 6.45) is 0.970. The van der Waals surface area contributed by atoms with E-state index in [1.165, 1.54) is 0 Å². The maximum Gasteiger partial charge on any atom is 0.223 e. The molecule has 1 amide bonds. The summed E-state index contributed by atoms with van der Waals surface area (Å²) in [4.78, 5) is 11.7. The van der Waals surface area contributed by atoms with Crippen LogP contribution in [0.15, 0.2) is 24.3 Å². The number of benzene rings is 1. The van der Waals surface area contributed by atoms with Gasteiger partial charge in [0.15, 0.2) is 0 Å². The van der Waals surface area contributed by atoms with E-state index in [0.29, 0.717) is 13.0 Å². The van der Waals surface area contributed by atoms with Crippen LogP contribution in [0.1, 0.15) is 32.3 Å². The molecule has 1 aromatic rings. The van der Waals surface area contributed by atoms with Crippen LogP contribution in [-0.4, -0.2) is 29.8 Å². The highest BCUT2D eigenvalue weighted by Gasteiger charge is 2.22. The summed E-state index contributed by atoms with van der Waals surface area (Å²) in [5.74, 6) is 0.697. The van der Waals surface area contributed by atoms with Gasteiger partial charge in [0.05, 0.1) is 25.2 Å². The van der Waals surface area contributed by atoms with Gasteiger partial charge in [0.25, 0.3) is 0 Å². The zero-order valence-corrected chi connectivity index (χ0v) is 11.9. The molecule has 0 saturated heterocycles. The second-order valence-electron chi connectivity index (χ2n) is 4.98. The van der Waals surface area contributed by atoms with E-state index in [-0.39, 0.29) is 18.9 Å². The Bertz CT molecular complexity index is 414. The number of aliphatic hydroxyl groups is 1. The summed E-state index contributed by atoms with van der Waals surface area (Å²) in [5, 5.41) is 12.1. The molecule has 0 radical (unpaired) electrons. The summed E-state index contributed by atoms with van der Waals surface area (Å²) in [6.45, 7) is 6.00. The van der Waals surface area contributed by atoms with Crippen molar-refractivity contribution in [2.24, 2.45) is 0 Å². The molecule has 1 unspecified atom stereocenters. The van der Waals surface area contributed by atoms with Crippen molar-refractivity contribution in [1.29, 1.82) is 0 Å². The maximum atomic E-state index is 11.7. The summed E-state index contributed by atoms with van der Waals surface area (Å²) < 4.78 is 5.57. The molecule has 2 N–H and O–H groups in total. The van der Waals surface area contributed by atoms with Crippen molar-refractivity contribution in [3.8, 4) is 5.75 Å².